The summed E-state index contributed by atoms with van der Waals surface area (Å²) in [5.41, 5.74) is 1.36. The molecule has 1 aliphatic rings. The van der Waals surface area contributed by atoms with Gasteiger partial charge in [-0.2, -0.15) is 0 Å². The van der Waals surface area contributed by atoms with Gasteiger partial charge >= 0.3 is 11.6 Å². The third-order valence-electron chi connectivity index (χ3n) is 6.72. The fourth-order valence-electron chi connectivity index (χ4n) is 4.87. The molecule has 0 aliphatic carbocycles. The molecule has 2 heterocycles. The van der Waals surface area contributed by atoms with Crippen LogP contribution in [0.3, 0.4) is 0 Å². The normalized spacial score (nSPS) is 14.4. The number of hydrogen-bond donors (Lipinski definition) is 0. The Morgan fingerprint density at radius 3 is 2.42 bits per heavy atom. The Balaban J connectivity index is 1.41. The van der Waals surface area contributed by atoms with Gasteiger partial charge in [-0.3, -0.25) is 9.59 Å². The zero-order chi connectivity index (χ0) is 27.4. The number of carbonyl (C=O) groups excluding carboxylic acids is 2. The Bertz CT molecular complexity index is 1380. The van der Waals surface area contributed by atoms with E-state index in [1.54, 1.807) is 23.1 Å². The molecule has 0 N–H and O–H groups in total. The highest BCUT2D eigenvalue weighted by atomic mass is 16.6. The van der Waals surface area contributed by atoms with Crippen LogP contribution in [-0.2, 0) is 16.0 Å². The van der Waals surface area contributed by atoms with Gasteiger partial charge in [-0.25, -0.2) is 4.79 Å². The molecule has 38 heavy (non-hydrogen) atoms. The Labute approximate surface area is 222 Å². The summed E-state index contributed by atoms with van der Waals surface area (Å²) in [4.78, 5) is 39.8. The van der Waals surface area contributed by atoms with E-state index in [2.05, 4.69) is 12.1 Å². The number of likely N-dealkylation sites (tertiary alicyclic amines) is 1. The van der Waals surface area contributed by atoms with Gasteiger partial charge in [0.1, 0.15) is 11.2 Å². The molecule has 1 amide bonds. The number of benzene rings is 2. The number of nitrogens with zero attached hydrogens (tertiary/aromatic N) is 1. The molecule has 4 rings (SSSR count). The van der Waals surface area contributed by atoms with Crippen molar-refractivity contribution in [3.8, 4) is 11.5 Å². The number of aryl methyl sites for hydroxylation is 1. The maximum absolute atomic E-state index is 13.3. The second kappa shape index (κ2) is 11.3. The van der Waals surface area contributed by atoms with Gasteiger partial charge in [0.05, 0.1) is 14.2 Å². The van der Waals surface area contributed by atoms with Crippen LogP contribution in [0, 0.1) is 0 Å². The van der Waals surface area contributed by atoms with Crippen molar-refractivity contribution in [1.82, 2.24) is 4.90 Å². The van der Waals surface area contributed by atoms with Crippen LogP contribution >= 0.6 is 0 Å². The largest absolute Gasteiger partial charge is 0.493 e. The first kappa shape index (κ1) is 27.2. The average Bonchev–Trinajstić information content (AvgIpc) is 2.89. The third-order valence-corrected chi connectivity index (χ3v) is 6.72. The van der Waals surface area contributed by atoms with Gasteiger partial charge in [-0.15, -0.1) is 0 Å². The van der Waals surface area contributed by atoms with Gasteiger partial charge in [0.15, 0.2) is 11.3 Å². The molecule has 1 fully saturated rings. The fourth-order valence-corrected chi connectivity index (χ4v) is 4.87. The topological polar surface area (TPSA) is 95.3 Å². The second-order valence-electron chi connectivity index (χ2n) is 10.6. The molecule has 0 unspecified atom stereocenters. The molecule has 1 aromatic heterocycles. The summed E-state index contributed by atoms with van der Waals surface area (Å²) in [5.74, 6) is 0.518. The average molecular weight is 522 g/mol. The Morgan fingerprint density at radius 1 is 1.03 bits per heavy atom. The van der Waals surface area contributed by atoms with E-state index in [0.717, 1.165) is 18.4 Å². The van der Waals surface area contributed by atoms with E-state index in [9.17, 15) is 14.4 Å². The number of hydrogen-bond acceptors (Lipinski definition) is 7. The summed E-state index contributed by atoms with van der Waals surface area (Å²) in [6.45, 7) is 6.67. The highest BCUT2D eigenvalue weighted by Gasteiger charge is 2.27. The van der Waals surface area contributed by atoms with Crippen molar-refractivity contribution in [3.05, 3.63) is 69.6 Å². The van der Waals surface area contributed by atoms with E-state index in [0.29, 0.717) is 48.7 Å². The second-order valence-corrected chi connectivity index (χ2v) is 10.6. The van der Waals surface area contributed by atoms with Crippen molar-refractivity contribution >= 4 is 22.8 Å². The van der Waals surface area contributed by atoms with Gasteiger partial charge < -0.3 is 23.5 Å². The van der Waals surface area contributed by atoms with E-state index in [-0.39, 0.29) is 23.0 Å². The third kappa shape index (κ3) is 6.18. The van der Waals surface area contributed by atoms with Crippen LogP contribution < -0.4 is 15.1 Å². The SMILES string of the molecule is COc1ccc2cc(C(=O)N3CCC(c4cccc(CCC(=O)OC(C)(C)C)c4)CC3)c(=O)oc2c1OC. The van der Waals surface area contributed by atoms with Crippen LogP contribution in [0.15, 0.2) is 51.7 Å². The molecule has 1 aliphatic heterocycles. The van der Waals surface area contributed by atoms with Gasteiger partial charge in [0.2, 0.25) is 5.75 Å². The molecular formula is C30H35NO7. The fraction of sp³-hybridized carbons (Fsp3) is 0.433. The molecule has 8 nitrogen and oxygen atoms in total. The molecular weight excluding hydrogens is 486 g/mol. The standard InChI is InChI=1S/C30H35NO7/c1-30(2,3)38-25(32)12-9-19-7-6-8-21(17-19)20-13-15-31(16-14-20)28(33)23-18-22-10-11-24(35-4)27(36-5)26(22)37-29(23)34/h6-8,10-11,17-18,20H,9,12-16H2,1-5H3. The van der Waals surface area contributed by atoms with Gasteiger partial charge in [0, 0.05) is 24.9 Å². The summed E-state index contributed by atoms with van der Waals surface area (Å²) < 4.78 is 21.5. The Morgan fingerprint density at radius 2 is 1.76 bits per heavy atom. The maximum Gasteiger partial charge on any atom is 0.349 e. The molecule has 1 saturated heterocycles. The minimum absolute atomic E-state index is 0.00677. The van der Waals surface area contributed by atoms with Gasteiger partial charge in [-0.05, 0) is 75.3 Å². The highest BCUT2D eigenvalue weighted by molar-refractivity contribution is 5.97. The van der Waals surface area contributed by atoms with Crippen molar-refractivity contribution in [3.63, 3.8) is 0 Å². The molecule has 0 atom stereocenters. The number of piperidine rings is 1. The van der Waals surface area contributed by atoms with E-state index < -0.39 is 11.2 Å². The molecule has 0 saturated carbocycles. The summed E-state index contributed by atoms with van der Waals surface area (Å²) in [6, 6.07) is 13.3. The smallest absolute Gasteiger partial charge is 0.349 e. The van der Waals surface area contributed by atoms with Crippen molar-refractivity contribution in [2.45, 2.75) is 58.0 Å². The van der Waals surface area contributed by atoms with Crippen molar-refractivity contribution in [2.75, 3.05) is 27.3 Å². The van der Waals surface area contributed by atoms with Crippen LogP contribution in [-0.4, -0.2) is 49.7 Å². The number of methoxy groups -OCH3 is 2. The zero-order valence-electron chi connectivity index (χ0n) is 22.7. The Hall–Kier alpha value is -3.81. The number of ether oxygens (including phenoxy) is 3. The van der Waals surface area contributed by atoms with Crippen LogP contribution in [0.5, 0.6) is 11.5 Å². The number of rotatable bonds is 7. The minimum Gasteiger partial charge on any atom is -0.493 e. The van der Waals surface area contributed by atoms with Crippen molar-refractivity contribution in [1.29, 1.82) is 0 Å². The van der Waals surface area contributed by atoms with Crippen molar-refractivity contribution < 1.29 is 28.2 Å². The first-order valence-corrected chi connectivity index (χ1v) is 12.9. The molecule has 202 valence electrons. The van der Waals surface area contributed by atoms with Crippen molar-refractivity contribution in [2.24, 2.45) is 0 Å². The lowest BCUT2D eigenvalue weighted by Crippen LogP contribution is -2.39. The highest BCUT2D eigenvalue weighted by Crippen LogP contribution is 2.35. The minimum atomic E-state index is -0.700. The lowest BCUT2D eigenvalue weighted by molar-refractivity contribution is -0.154. The van der Waals surface area contributed by atoms with E-state index >= 15 is 0 Å². The van der Waals surface area contributed by atoms with E-state index in [1.807, 2.05) is 32.9 Å². The summed E-state index contributed by atoms with van der Waals surface area (Å²) in [5, 5.41) is 0.587. The zero-order valence-corrected chi connectivity index (χ0v) is 22.7. The first-order valence-electron chi connectivity index (χ1n) is 12.9. The molecule has 3 aromatic rings. The van der Waals surface area contributed by atoms with Gasteiger partial charge in [-0.1, -0.05) is 24.3 Å². The summed E-state index contributed by atoms with van der Waals surface area (Å²) >= 11 is 0. The molecule has 0 bridgehead atoms. The Kier molecular flexibility index (Phi) is 8.09. The quantitative estimate of drug-likeness (QED) is 0.315. The number of carbonyl (C=O) groups is 2. The summed E-state index contributed by atoms with van der Waals surface area (Å²) in [6.07, 6.45) is 2.52. The lowest BCUT2D eigenvalue weighted by Gasteiger charge is -2.32. The first-order chi connectivity index (χ1) is 18.1. The summed E-state index contributed by atoms with van der Waals surface area (Å²) in [7, 11) is 2.97. The lowest BCUT2D eigenvalue weighted by atomic mass is 9.88. The monoisotopic (exact) mass is 521 g/mol. The van der Waals surface area contributed by atoms with Crippen LogP contribution in [0.1, 0.15) is 67.4 Å². The van der Waals surface area contributed by atoms with Crippen LogP contribution in [0.2, 0.25) is 0 Å². The van der Waals surface area contributed by atoms with E-state index in [4.69, 9.17) is 18.6 Å². The van der Waals surface area contributed by atoms with E-state index in [1.165, 1.54) is 19.8 Å². The molecule has 0 spiro atoms. The molecule has 2 aromatic carbocycles. The number of amides is 1. The molecule has 8 heteroatoms. The predicted molar refractivity (Wildman–Crippen MR) is 144 cm³/mol. The predicted octanol–water partition coefficient (Wildman–Crippen LogP) is 5.10. The van der Waals surface area contributed by atoms with Crippen LogP contribution in [0.4, 0.5) is 0 Å². The van der Waals surface area contributed by atoms with Gasteiger partial charge in [0.25, 0.3) is 5.91 Å². The number of fused-ring (bicyclic) bond motifs is 1. The van der Waals surface area contributed by atoms with Crippen LogP contribution in [0.25, 0.3) is 11.0 Å². The number of esters is 1. The molecule has 0 radical (unpaired) electrons. The maximum atomic E-state index is 13.3.